The second-order valence-electron chi connectivity index (χ2n) is 8.51. The zero-order valence-corrected chi connectivity index (χ0v) is 18.6. The van der Waals surface area contributed by atoms with E-state index in [2.05, 4.69) is 66.8 Å². The Labute approximate surface area is 190 Å². The zero-order valence-electron chi connectivity index (χ0n) is 17.8. The molecular weight excluding hydrogens is 422 g/mol. The van der Waals surface area contributed by atoms with Crippen LogP contribution in [0.15, 0.2) is 42.5 Å². The van der Waals surface area contributed by atoms with Crippen LogP contribution in [0.25, 0.3) is 21.6 Å². The topological polar surface area (TPSA) is 83.1 Å². The number of hydrogen-bond donors (Lipinski definition) is 1. The number of piperazine rings is 1. The Morgan fingerprint density at radius 2 is 1.94 bits per heavy atom. The Hall–Kier alpha value is -3.04. The van der Waals surface area contributed by atoms with Crippen LogP contribution in [-0.2, 0) is 6.54 Å². The van der Waals surface area contributed by atoms with E-state index in [4.69, 9.17) is 9.72 Å². The molecule has 3 heterocycles. The molecule has 0 bridgehead atoms. The molecule has 4 aromatic rings. The maximum absolute atomic E-state index is 6.05. The van der Waals surface area contributed by atoms with Gasteiger partial charge in [0.1, 0.15) is 10.8 Å². The summed E-state index contributed by atoms with van der Waals surface area (Å²) in [6, 6.07) is 14.6. The predicted molar refractivity (Wildman–Crippen MR) is 125 cm³/mol. The van der Waals surface area contributed by atoms with Gasteiger partial charge in [-0.05, 0) is 48.2 Å². The highest BCUT2D eigenvalue weighted by molar-refractivity contribution is 7.18. The molecule has 2 aromatic heterocycles. The molecule has 1 saturated heterocycles. The van der Waals surface area contributed by atoms with Gasteiger partial charge < -0.3 is 9.64 Å². The lowest BCUT2D eigenvalue weighted by molar-refractivity contribution is 0.249. The maximum atomic E-state index is 6.05. The Bertz CT molecular complexity index is 1160. The standard InChI is InChI=1S/C23H25N7OS/c1-2-4-21-19(3-1)24-22(32-21)14-29-9-11-30(12-10-29)20-13-17(31-15-16-5-6-16)7-8-18(20)23-25-27-28-26-23/h1-4,7-8,13,16H,5-6,9-12,14-15H2,(H,25,26,27,28). The Morgan fingerprint density at radius 3 is 2.72 bits per heavy atom. The third kappa shape index (κ3) is 4.18. The summed E-state index contributed by atoms with van der Waals surface area (Å²) < 4.78 is 7.31. The number of anilines is 1. The van der Waals surface area contributed by atoms with Crippen LogP contribution in [-0.4, -0.2) is 63.3 Å². The van der Waals surface area contributed by atoms with Crippen LogP contribution >= 0.6 is 11.3 Å². The van der Waals surface area contributed by atoms with E-state index in [1.165, 1.54) is 22.5 Å². The van der Waals surface area contributed by atoms with E-state index in [1.54, 1.807) is 11.3 Å². The number of para-hydroxylation sites is 1. The normalized spacial score (nSPS) is 17.2. The molecule has 2 fully saturated rings. The van der Waals surface area contributed by atoms with Crippen molar-refractivity contribution in [1.82, 2.24) is 30.5 Å². The van der Waals surface area contributed by atoms with Gasteiger partial charge in [-0.15, -0.1) is 21.5 Å². The molecule has 6 rings (SSSR count). The van der Waals surface area contributed by atoms with Crippen LogP contribution < -0.4 is 9.64 Å². The molecule has 0 spiro atoms. The minimum atomic E-state index is 0.616. The monoisotopic (exact) mass is 447 g/mol. The third-order valence-electron chi connectivity index (χ3n) is 6.15. The number of aromatic amines is 1. The summed E-state index contributed by atoms with van der Waals surface area (Å²) >= 11 is 1.79. The number of hydrogen-bond acceptors (Lipinski definition) is 8. The van der Waals surface area contributed by atoms with Gasteiger partial charge in [0.15, 0.2) is 0 Å². The first kappa shape index (κ1) is 19.6. The Kier molecular flexibility index (Phi) is 5.20. The summed E-state index contributed by atoms with van der Waals surface area (Å²) in [5, 5.41) is 15.9. The van der Waals surface area contributed by atoms with E-state index in [-0.39, 0.29) is 0 Å². The maximum Gasteiger partial charge on any atom is 0.206 e. The van der Waals surface area contributed by atoms with Gasteiger partial charge in [0.05, 0.1) is 29.1 Å². The highest BCUT2D eigenvalue weighted by Crippen LogP contribution is 2.35. The van der Waals surface area contributed by atoms with Gasteiger partial charge in [0.2, 0.25) is 5.82 Å². The number of rotatable bonds is 7. The molecule has 0 amide bonds. The van der Waals surface area contributed by atoms with E-state index in [0.29, 0.717) is 5.82 Å². The fraction of sp³-hybridized carbons (Fsp3) is 0.391. The molecule has 1 saturated carbocycles. The molecule has 9 heteroatoms. The van der Waals surface area contributed by atoms with Crippen molar-refractivity contribution in [3.05, 3.63) is 47.5 Å². The number of benzene rings is 2. The molecule has 1 aliphatic carbocycles. The largest absolute Gasteiger partial charge is 0.493 e. The van der Waals surface area contributed by atoms with E-state index < -0.39 is 0 Å². The molecule has 164 valence electrons. The lowest BCUT2D eigenvalue weighted by Crippen LogP contribution is -2.46. The lowest BCUT2D eigenvalue weighted by Gasteiger charge is -2.36. The SMILES string of the molecule is c1ccc2sc(CN3CCN(c4cc(OCC5CC5)ccc4-c4nn[nH]n4)CC3)nc2c1. The molecule has 1 N–H and O–H groups in total. The second kappa shape index (κ2) is 8.48. The van der Waals surface area contributed by atoms with E-state index in [1.807, 2.05) is 6.07 Å². The van der Waals surface area contributed by atoms with Gasteiger partial charge in [-0.25, -0.2) is 4.98 Å². The lowest BCUT2D eigenvalue weighted by atomic mass is 10.1. The molecule has 0 unspecified atom stereocenters. The van der Waals surface area contributed by atoms with Crippen LogP contribution in [0, 0.1) is 5.92 Å². The summed E-state index contributed by atoms with van der Waals surface area (Å²) in [6.07, 6.45) is 2.56. The van der Waals surface area contributed by atoms with Gasteiger partial charge in [-0.3, -0.25) is 4.90 Å². The molecule has 0 atom stereocenters. The quantitative estimate of drug-likeness (QED) is 0.464. The van der Waals surface area contributed by atoms with Gasteiger partial charge in [-0.1, -0.05) is 12.1 Å². The van der Waals surface area contributed by atoms with Gasteiger partial charge in [0, 0.05) is 37.8 Å². The van der Waals surface area contributed by atoms with Crippen LogP contribution in [0.1, 0.15) is 17.8 Å². The smallest absolute Gasteiger partial charge is 0.206 e. The molecule has 8 nitrogen and oxygen atoms in total. The summed E-state index contributed by atoms with van der Waals surface area (Å²) in [4.78, 5) is 9.69. The number of fused-ring (bicyclic) bond motifs is 1. The van der Waals surface area contributed by atoms with Crippen molar-refractivity contribution in [3.8, 4) is 17.1 Å². The predicted octanol–water partition coefficient (Wildman–Crippen LogP) is 3.59. The van der Waals surface area contributed by atoms with Crippen molar-refractivity contribution >= 4 is 27.2 Å². The third-order valence-corrected chi connectivity index (χ3v) is 7.17. The number of H-pyrrole nitrogens is 1. The number of nitrogens with one attached hydrogen (secondary N) is 1. The summed E-state index contributed by atoms with van der Waals surface area (Å²) in [6.45, 7) is 5.53. The van der Waals surface area contributed by atoms with Crippen molar-refractivity contribution in [3.63, 3.8) is 0 Å². The van der Waals surface area contributed by atoms with E-state index in [0.717, 1.165) is 67.8 Å². The highest BCUT2D eigenvalue weighted by Gasteiger charge is 2.24. The number of nitrogens with zero attached hydrogens (tertiary/aromatic N) is 6. The molecule has 2 aliphatic rings. The Balaban J connectivity index is 1.17. The second-order valence-corrected chi connectivity index (χ2v) is 9.62. The first-order valence-corrected chi connectivity index (χ1v) is 12.0. The molecular formula is C23H25N7OS. The van der Waals surface area contributed by atoms with E-state index in [9.17, 15) is 0 Å². The van der Waals surface area contributed by atoms with E-state index >= 15 is 0 Å². The first-order valence-electron chi connectivity index (χ1n) is 11.1. The van der Waals surface area contributed by atoms with Crippen LogP contribution in [0.5, 0.6) is 5.75 Å². The van der Waals surface area contributed by atoms with Crippen LogP contribution in [0.2, 0.25) is 0 Å². The highest BCUT2D eigenvalue weighted by atomic mass is 32.1. The fourth-order valence-corrected chi connectivity index (χ4v) is 5.16. The van der Waals surface area contributed by atoms with Crippen molar-refractivity contribution < 1.29 is 4.74 Å². The summed E-state index contributed by atoms with van der Waals surface area (Å²) in [5.41, 5.74) is 3.19. The van der Waals surface area contributed by atoms with Crippen LogP contribution in [0.4, 0.5) is 5.69 Å². The number of aromatic nitrogens is 5. The number of ether oxygens (including phenoxy) is 1. The van der Waals surface area contributed by atoms with Gasteiger partial charge in [0.25, 0.3) is 0 Å². The average molecular weight is 448 g/mol. The zero-order chi connectivity index (χ0) is 21.3. The van der Waals surface area contributed by atoms with Crippen molar-refractivity contribution in [2.45, 2.75) is 19.4 Å². The Morgan fingerprint density at radius 1 is 1.06 bits per heavy atom. The van der Waals surface area contributed by atoms with Crippen molar-refractivity contribution in [2.75, 3.05) is 37.7 Å². The van der Waals surface area contributed by atoms with Crippen molar-refractivity contribution in [2.24, 2.45) is 5.92 Å². The molecule has 32 heavy (non-hydrogen) atoms. The van der Waals surface area contributed by atoms with Gasteiger partial charge in [-0.2, -0.15) is 5.21 Å². The number of tetrazole rings is 1. The first-order chi connectivity index (χ1) is 15.8. The fourth-order valence-electron chi connectivity index (χ4n) is 4.15. The van der Waals surface area contributed by atoms with Crippen molar-refractivity contribution in [1.29, 1.82) is 0 Å². The molecule has 0 radical (unpaired) electrons. The van der Waals surface area contributed by atoms with Gasteiger partial charge >= 0.3 is 0 Å². The summed E-state index contributed by atoms with van der Waals surface area (Å²) in [7, 11) is 0. The average Bonchev–Trinajstić information content (AvgIpc) is 3.32. The minimum absolute atomic E-state index is 0.616. The minimum Gasteiger partial charge on any atom is -0.493 e. The molecule has 1 aliphatic heterocycles. The van der Waals surface area contributed by atoms with Crippen LogP contribution in [0.3, 0.4) is 0 Å². The number of thiazole rings is 1. The summed E-state index contributed by atoms with van der Waals surface area (Å²) in [5.74, 6) is 2.25. The molecule has 2 aromatic carbocycles.